The number of benzene rings is 3. The Morgan fingerprint density at radius 2 is 1.45 bits per heavy atom. The first-order chi connectivity index (χ1) is 19.5. The maximum Gasteiger partial charge on any atom is 0.234 e. The summed E-state index contributed by atoms with van der Waals surface area (Å²) in [4.78, 5) is 25.3. The number of aromatic nitrogens is 3. The van der Waals surface area contributed by atoms with Crippen molar-refractivity contribution in [1.29, 1.82) is 0 Å². The minimum Gasteiger partial charge on any atom is -0.497 e. The van der Waals surface area contributed by atoms with E-state index in [0.717, 1.165) is 22.7 Å². The van der Waals surface area contributed by atoms with E-state index in [2.05, 4.69) is 20.8 Å². The van der Waals surface area contributed by atoms with Gasteiger partial charge < -0.3 is 24.8 Å². The zero-order chi connectivity index (χ0) is 28.3. The maximum atomic E-state index is 12.7. The summed E-state index contributed by atoms with van der Waals surface area (Å²) in [6.07, 6.45) is 0.217. The van der Waals surface area contributed by atoms with Crippen molar-refractivity contribution in [3.8, 4) is 22.9 Å². The van der Waals surface area contributed by atoms with Crippen LogP contribution >= 0.6 is 11.8 Å². The molecule has 11 heteroatoms. The zero-order valence-electron chi connectivity index (χ0n) is 22.5. The lowest BCUT2D eigenvalue weighted by Gasteiger charge is -2.12. The lowest BCUT2D eigenvalue weighted by molar-refractivity contribution is -0.120. The highest BCUT2D eigenvalue weighted by Crippen LogP contribution is 2.25. The van der Waals surface area contributed by atoms with E-state index in [4.69, 9.17) is 14.2 Å². The molecule has 0 aliphatic rings. The second-order valence-electron chi connectivity index (χ2n) is 8.53. The molecule has 0 fully saturated rings. The molecule has 0 spiro atoms. The lowest BCUT2D eigenvalue weighted by atomic mass is 10.1. The van der Waals surface area contributed by atoms with Gasteiger partial charge in [-0.25, -0.2) is 0 Å². The first-order valence-corrected chi connectivity index (χ1v) is 13.6. The number of thioether (sulfide) groups is 1. The van der Waals surface area contributed by atoms with Crippen LogP contribution in [0.15, 0.2) is 78.0 Å². The van der Waals surface area contributed by atoms with E-state index in [1.165, 1.54) is 11.8 Å². The van der Waals surface area contributed by atoms with Crippen molar-refractivity contribution >= 4 is 29.3 Å². The van der Waals surface area contributed by atoms with Crippen molar-refractivity contribution in [3.05, 3.63) is 84.2 Å². The van der Waals surface area contributed by atoms with Crippen LogP contribution < -0.4 is 24.8 Å². The van der Waals surface area contributed by atoms with Crippen LogP contribution in [0.25, 0.3) is 5.69 Å². The molecule has 3 aromatic carbocycles. The number of methoxy groups -OCH3 is 2. The van der Waals surface area contributed by atoms with Crippen LogP contribution in [0.5, 0.6) is 17.2 Å². The van der Waals surface area contributed by atoms with E-state index in [1.54, 1.807) is 38.5 Å². The van der Waals surface area contributed by atoms with Gasteiger partial charge in [-0.3, -0.25) is 14.2 Å². The van der Waals surface area contributed by atoms with Crippen molar-refractivity contribution in [2.75, 3.05) is 31.9 Å². The van der Waals surface area contributed by atoms with Gasteiger partial charge in [0.15, 0.2) is 11.0 Å². The number of hydrogen-bond donors (Lipinski definition) is 2. The van der Waals surface area contributed by atoms with Crippen molar-refractivity contribution in [3.63, 3.8) is 0 Å². The Morgan fingerprint density at radius 3 is 2.08 bits per heavy atom. The van der Waals surface area contributed by atoms with E-state index in [1.807, 2.05) is 60.0 Å². The Kier molecular flexibility index (Phi) is 10.0. The molecule has 1 heterocycles. The van der Waals surface area contributed by atoms with Gasteiger partial charge in [-0.1, -0.05) is 23.9 Å². The van der Waals surface area contributed by atoms with Gasteiger partial charge in [-0.05, 0) is 73.2 Å². The molecule has 208 valence electrons. The summed E-state index contributed by atoms with van der Waals surface area (Å²) in [6.45, 7) is 2.64. The van der Waals surface area contributed by atoms with E-state index in [9.17, 15) is 9.59 Å². The highest BCUT2D eigenvalue weighted by atomic mass is 32.2. The third kappa shape index (κ3) is 7.76. The molecule has 0 aliphatic heterocycles. The third-order valence-corrected chi connectivity index (χ3v) is 6.71. The predicted molar refractivity (Wildman–Crippen MR) is 153 cm³/mol. The lowest BCUT2D eigenvalue weighted by Crippen LogP contribution is -2.26. The predicted octanol–water partition coefficient (Wildman–Crippen LogP) is 4.27. The molecule has 40 heavy (non-hydrogen) atoms. The van der Waals surface area contributed by atoms with Gasteiger partial charge in [0.1, 0.15) is 17.2 Å². The topological polar surface area (TPSA) is 117 Å². The average molecular weight is 562 g/mol. The first kappa shape index (κ1) is 28.5. The molecule has 4 aromatic rings. The van der Waals surface area contributed by atoms with Gasteiger partial charge in [0.05, 0.1) is 39.5 Å². The van der Waals surface area contributed by atoms with E-state index < -0.39 is 0 Å². The largest absolute Gasteiger partial charge is 0.497 e. The summed E-state index contributed by atoms with van der Waals surface area (Å²) in [5.74, 6) is 2.48. The summed E-state index contributed by atoms with van der Waals surface area (Å²) in [7, 11) is 3.19. The van der Waals surface area contributed by atoms with Crippen LogP contribution in [0.2, 0.25) is 0 Å². The van der Waals surface area contributed by atoms with E-state index in [0.29, 0.717) is 29.0 Å². The monoisotopic (exact) mass is 561 g/mol. The molecular formula is C29H31N5O5S. The van der Waals surface area contributed by atoms with Crippen LogP contribution in [0.1, 0.15) is 18.3 Å². The summed E-state index contributed by atoms with van der Waals surface area (Å²) >= 11 is 1.25. The van der Waals surface area contributed by atoms with Crippen molar-refractivity contribution in [2.24, 2.45) is 0 Å². The standard InChI is InChI=1S/C29H31N5O5S/c1-4-39-25-15-9-22(10-16-25)34-26(18-30-27(35)17-20-5-11-23(37-2)12-6-20)32-33-29(34)40-19-28(36)31-21-7-13-24(38-3)14-8-21/h5-16H,4,17-19H2,1-3H3,(H,30,35)(H,31,36). The highest BCUT2D eigenvalue weighted by molar-refractivity contribution is 7.99. The molecular weight excluding hydrogens is 530 g/mol. The smallest absolute Gasteiger partial charge is 0.234 e. The summed E-state index contributed by atoms with van der Waals surface area (Å²) < 4.78 is 17.7. The molecule has 0 bridgehead atoms. The Balaban J connectivity index is 1.45. The van der Waals surface area contributed by atoms with Gasteiger partial charge in [0, 0.05) is 11.4 Å². The molecule has 2 N–H and O–H groups in total. The molecule has 4 rings (SSSR count). The molecule has 0 unspecified atom stereocenters. The third-order valence-electron chi connectivity index (χ3n) is 5.78. The molecule has 0 saturated heterocycles. The second-order valence-corrected chi connectivity index (χ2v) is 9.47. The number of ether oxygens (including phenoxy) is 3. The van der Waals surface area contributed by atoms with Crippen LogP contribution in [0.3, 0.4) is 0 Å². The van der Waals surface area contributed by atoms with Gasteiger partial charge in [0.25, 0.3) is 0 Å². The zero-order valence-corrected chi connectivity index (χ0v) is 23.4. The Labute approximate surface area is 237 Å². The second kappa shape index (κ2) is 14.0. The van der Waals surface area contributed by atoms with Gasteiger partial charge >= 0.3 is 0 Å². The Morgan fingerprint density at radius 1 is 0.825 bits per heavy atom. The molecule has 0 saturated carbocycles. The molecule has 0 aliphatic carbocycles. The number of hydrogen-bond acceptors (Lipinski definition) is 8. The molecule has 0 atom stereocenters. The minimum absolute atomic E-state index is 0.116. The van der Waals surface area contributed by atoms with Crippen molar-refractivity contribution in [2.45, 2.75) is 25.0 Å². The Hall–Kier alpha value is -4.51. The number of carbonyl (C=O) groups is 2. The quantitative estimate of drug-likeness (QED) is 0.233. The molecule has 2 amide bonds. The average Bonchev–Trinajstić information content (AvgIpc) is 3.39. The van der Waals surface area contributed by atoms with Crippen LogP contribution in [-0.4, -0.2) is 53.2 Å². The van der Waals surface area contributed by atoms with Gasteiger partial charge in [-0.15, -0.1) is 10.2 Å². The van der Waals surface area contributed by atoms with E-state index in [-0.39, 0.29) is 30.5 Å². The maximum absolute atomic E-state index is 12.7. The van der Waals surface area contributed by atoms with Gasteiger partial charge in [0.2, 0.25) is 11.8 Å². The highest BCUT2D eigenvalue weighted by Gasteiger charge is 2.17. The van der Waals surface area contributed by atoms with Crippen molar-refractivity contribution in [1.82, 2.24) is 20.1 Å². The number of carbonyl (C=O) groups excluding carboxylic acids is 2. The number of nitrogens with one attached hydrogen (secondary N) is 2. The van der Waals surface area contributed by atoms with E-state index >= 15 is 0 Å². The number of anilines is 1. The fourth-order valence-electron chi connectivity index (χ4n) is 3.80. The SMILES string of the molecule is CCOc1ccc(-n2c(CNC(=O)Cc3ccc(OC)cc3)nnc2SCC(=O)Nc2ccc(OC)cc2)cc1. The molecule has 0 radical (unpaired) electrons. The number of nitrogens with zero attached hydrogens (tertiary/aromatic N) is 3. The van der Waals surface area contributed by atoms with Gasteiger partial charge in [-0.2, -0.15) is 0 Å². The normalized spacial score (nSPS) is 10.6. The Bertz CT molecular complexity index is 1320. The fourth-order valence-corrected chi connectivity index (χ4v) is 4.57. The minimum atomic E-state index is -0.189. The first-order valence-electron chi connectivity index (χ1n) is 12.6. The summed E-state index contributed by atoms with van der Waals surface area (Å²) in [5.41, 5.74) is 2.32. The fraction of sp³-hybridized carbons (Fsp3) is 0.241. The molecule has 10 nitrogen and oxygen atoms in total. The number of amides is 2. The summed E-state index contributed by atoms with van der Waals surface area (Å²) in [5, 5.41) is 14.9. The van der Waals surface area contributed by atoms with Crippen LogP contribution in [0, 0.1) is 0 Å². The number of rotatable bonds is 13. The summed E-state index contributed by atoms with van der Waals surface area (Å²) in [6, 6.07) is 21.9. The van der Waals surface area contributed by atoms with Crippen LogP contribution in [0.4, 0.5) is 5.69 Å². The van der Waals surface area contributed by atoms with Crippen molar-refractivity contribution < 1.29 is 23.8 Å². The van der Waals surface area contributed by atoms with Crippen LogP contribution in [-0.2, 0) is 22.6 Å². The molecule has 1 aromatic heterocycles.